The van der Waals surface area contributed by atoms with Crippen molar-refractivity contribution in [3.8, 4) is 69.0 Å². The second-order valence-corrected chi connectivity index (χ2v) is 40.9. The van der Waals surface area contributed by atoms with E-state index < -0.39 is 11.9 Å². The third-order valence-electron chi connectivity index (χ3n) is 27.1. The number of hydrogen-bond donors (Lipinski definition) is 14. The van der Waals surface area contributed by atoms with Gasteiger partial charge < -0.3 is 111 Å². The zero-order valence-corrected chi connectivity index (χ0v) is 86.8. The standard InChI is InChI=1S/2C30H36N2O5.2C28H38N2O5/c1-19(2)9-6-10-20(3)11-7-12-21(4)15-16-32-25-17-23(34)18-26(35)29(25)31-28-24(30(32)36)13-8-14-27(28)37-22(5)33;1-19(2)9-6-10-20(3)11-7-12-21(4)15-16-32-25-17-23(34)18-27(37-22(5)33)29(25)31-28-24(30(32)36)13-8-14-26(28)35;1-17(2)7-6-13-28(4)24(35-28)11-10-18(3)12-14-30-21-15-19(31)16-23(33)26(21)29-25-20(27(30)34)8-5-9-22(25)32;1-17(11-12-24-28(3,4)35-24)7-5-8-18(2)13-14-30-21-15-19(31)16-23(33)26(21)29-25-20(27(30)34)9-6-10-22(25)32/h2*8-9,11,13-15,17-18,31,34-35H,6-7,10,12,16H2,1-5H3;5,8-9,15-18,24,29,31-33H,6-7,10-14H2,1-4H3;6,9-10,15-18,24,29,31-33H,5,7-8,11-14H2,1-4H3/b2*20-11+,21-15+;;. The third-order valence-corrected chi connectivity index (χ3v) is 27.1. The maximum absolute atomic E-state index is 13.7. The number of phenols is 10. The Labute approximate surface area is 847 Å². The molecule has 6 atom stereocenters. The number of carbonyl (C=O) groups excluding carboxylic acids is 6. The van der Waals surface area contributed by atoms with Crippen LogP contribution in [0, 0.1) is 23.7 Å². The molecule has 0 spiro atoms. The molecule has 8 aromatic rings. The van der Waals surface area contributed by atoms with Crippen LogP contribution in [0.25, 0.3) is 0 Å². The Morgan fingerprint density at radius 1 is 0.361 bits per heavy atom. The largest absolute Gasteiger partial charge is 0.508 e. The highest BCUT2D eigenvalue weighted by molar-refractivity contribution is 6.19. The molecule has 772 valence electrons. The van der Waals surface area contributed by atoms with Crippen molar-refractivity contribution in [2.45, 2.75) is 276 Å². The minimum atomic E-state index is -0.575. The highest BCUT2D eigenvalue weighted by Gasteiger charge is 2.51. The van der Waals surface area contributed by atoms with Crippen molar-refractivity contribution in [2.75, 3.05) is 67.0 Å². The number of para-hydroxylation sites is 4. The normalized spacial score (nSPS) is 17.0. The van der Waals surface area contributed by atoms with E-state index in [2.05, 4.69) is 143 Å². The number of allylic oxidation sites excluding steroid dienone is 10. The average Bonchev–Trinajstić information content (AvgIpc) is 1.53. The predicted octanol–water partition coefficient (Wildman–Crippen LogP) is 26.9. The second-order valence-electron chi connectivity index (χ2n) is 40.9. The van der Waals surface area contributed by atoms with Gasteiger partial charge in [-0.2, -0.15) is 0 Å². The number of nitrogens with zero attached hydrogens (tertiary/aromatic N) is 4. The van der Waals surface area contributed by atoms with Crippen molar-refractivity contribution in [1.82, 2.24) is 0 Å². The Bertz CT molecular complexity index is 6180. The van der Waals surface area contributed by atoms with E-state index in [0.717, 1.165) is 120 Å². The smallest absolute Gasteiger partial charge is 0.308 e. The summed E-state index contributed by atoms with van der Waals surface area (Å²) in [5.41, 5.74) is 12.5. The molecule has 28 nitrogen and oxygen atoms in total. The number of carbonyl (C=O) groups is 6. The number of fused-ring (bicyclic) bond motifs is 8. The lowest BCUT2D eigenvalue weighted by atomic mass is 9.92. The van der Waals surface area contributed by atoms with Gasteiger partial charge in [0, 0.05) is 88.6 Å². The summed E-state index contributed by atoms with van der Waals surface area (Å²) >= 11 is 0. The van der Waals surface area contributed by atoms with Crippen LogP contribution in [0.4, 0.5) is 68.2 Å². The van der Waals surface area contributed by atoms with Crippen LogP contribution >= 0.6 is 0 Å². The molecular formula is C116H148N8O20. The van der Waals surface area contributed by atoms with Gasteiger partial charge >= 0.3 is 11.9 Å². The van der Waals surface area contributed by atoms with E-state index >= 15 is 0 Å². The summed E-state index contributed by atoms with van der Waals surface area (Å²) < 4.78 is 22.4. The Morgan fingerprint density at radius 3 is 1.10 bits per heavy atom. The van der Waals surface area contributed by atoms with Crippen LogP contribution in [0.5, 0.6) is 69.0 Å². The lowest BCUT2D eigenvalue weighted by molar-refractivity contribution is -0.132. The molecule has 6 unspecified atom stereocenters. The van der Waals surface area contributed by atoms with Gasteiger partial charge in [-0.05, 0) is 245 Å². The van der Waals surface area contributed by atoms with Crippen LogP contribution in [0.15, 0.2) is 191 Å². The quantitative estimate of drug-likeness (QED) is 0.00427. The average molecular weight is 1970 g/mol. The first-order chi connectivity index (χ1) is 68.3. The highest BCUT2D eigenvalue weighted by Crippen LogP contribution is 2.53. The van der Waals surface area contributed by atoms with Crippen molar-refractivity contribution in [2.24, 2.45) is 23.7 Å². The van der Waals surface area contributed by atoms with Gasteiger partial charge in [0.25, 0.3) is 23.6 Å². The molecule has 6 heterocycles. The van der Waals surface area contributed by atoms with E-state index in [0.29, 0.717) is 88.3 Å². The van der Waals surface area contributed by atoms with Gasteiger partial charge in [-0.1, -0.05) is 161 Å². The Hall–Kier alpha value is -13.9. The fourth-order valence-electron chi connectivity index (χ4n) is 18.4. The molecule has 2 saturated heterocycles. The molecule has 28 heteroatoms. The minimum absolute atomic E-state index is 0.0146. The highest BCUT2D eigenvalue weighted by atomic mass is 16.6. The molecule has 144 heavy (non-hydrogen) atoms. The zero-order chi connectivity index (χ0) is 105. The summed E-state index contributed by atoms with van der Waals surface area (Å²) in [5, 5.41) is 116. The van der Waals surface area contributed by atoms with Crippen molar-refractivity contribution in [1.29, 1.82) is 0 Å². The number of benzene rings is 8. The van der Waals surface area contributed by atoms with Crippen LogP contribution in [0.2, 0.25) is 0 Å². The monoisotopic (exact) mass is 1970 g/mol. The Balaban J connectivity index is 0.000000183. The van der Waals surface area contributed by atoms with Gasteiger partial charge in [0.15, 0.2) is 11.5 Å². The number of epoxide rings is 2. The van der Waals surface area contributed by atoms with Gasteiger partial charge in [-0.3, -0.25) is 28.8 Å². The number of nitrogens with one attached hydrogen (secondary N) is 4. The van der Waals surface area contributed by atoms with E-state index in [1.54, 1.807) is 64.4 Å². The van der Waals surface area contributed by atoms with E-state index in [-0.39, 0.29) is 162 Å². The molecule has 4 amide bonds. The first kappa shape index (κ1) is 111. The lowest BCUT2D eigenvalue weighted by Gasteiger charge is -2.25. The number of esters is 2. The summed E-state index contributed by atoms with van der Waals surface area (Å²) in [6.07, 6.45) is 34.2. The summed E-state index contributed by atoms with van der Waals surface area (Å²) in [6, 6.07) is 29.8. The molecular weight excluding hydrogens is 1830 g/mol. The first-order valence-electron chi connectivity index (χ1n) is 50.4. The first-order valence-corrected chi connectivity index (χ1v) is 50.4. The molecule has 0 radical (unpaired) electrons. The van der Waals surface area contributed by atoms with Crippen LogP contribution in [0.3, 0.4) is 0 Å². The fourth-order valence-corrected chi connectivity index (χ4v) is 18.4. The SMILES string of the molecule is CC(=O)Oc1cc(O)cc2c1Nc1c(O)cccc1C(=O)N2C/C=C(\C)CC/C=C(\C)CCC=C(C)C.CC(=O)Oc1cccc2c1Nc1c(O)cc(O)cc1N(C/C=C(\C)CC/C=C(\C)CCC=C(C)C)C2=O.CC(C)CCCC1(C)OC1CCC(C)CCN1C(=O)c2cccc(O)c2Nc2c(O)cc(O)cc21.CC(CCCC(C)CCN1C(=O)c2cccc(O)c2Nc2c(O)cc(O)cc21)CCC1OC1(C)C. The van der Waals surface area contributed by atoms with Gasteiger partial charge in [0.05, 0.1) is 91.2 Å². The maximum Gasteiger partial charge on any atom is 0.308 e. The molecule has 14 N–H and O–H groups in total. The summed E-state index contributed by atoms with van der Waals surface area (Å²) in [7, 11) is 0. The van der Waals surface area contributed by atoms with E-state index in [4.69, 9.17) is 18.9 Å². The fraction of sp³-hybridized carbons (Fsp3) is 0.431. The number of aromatic hydroxyl groups is 10. The zero-order valence-electron chi connectivity index (χ0n) is 86.8. The molecule has 8 aromatic carbocycles. The molecule has 0 bridgehead atoms. The number of anilines is 12. The second kappa shape index (κ2) is 49.9. The van der Waals surface area contributed by atoms with Crippen LogP contribution in [-0.2, 0) is 19.1 Å². The third kappa shape index (κ3) is 29.9. The molecule has 0 aromatic heterocycles. The van der Waals surface area contributed by atoms with Gasteiger partial charge in [-0.25, -0.2) is 0 Å². The molecule has 14 rings (SSSR count). The van der Waals surface area contributed by atoms with Crippen LogP contribution in [0.1, 0.15) is 294 Å². The molecule has 6 aliphatic heterocycles. The molecule has 0 aliphatic carbocycles. The summed E-state index contributed by atoms with van der Waals surface area (Å²) in [5.74, 6) is -1.42. The van der Waals surface area contributed by atoms with Crippen LogP contribution in [-0.4, -0.2) is 136 Å². The van der Waals surface area contributed by atoms with Crippen molar-refractivity contribution in [3.63, 3.8) is 0 Å². The predicted molar refractivity (Wildman–Crippen MR) is 571 cm³/mol. The molecule has 2 fully saturated rings. The molecule has 0 saturated carbocycles. The van der Waals surface area contributed by atoms with E-state index in [9.17, 15) is 79.8 Å². The maximum atomic E-state index is 13.7. The summed E-state index contributed by atoms with van der Waals surface area (Å²) in [6.45, 7) is 38.4. The van der Waals surface area contributed by atoms with Crippen molar-refractivity contribution < 1.29 is 98.8 Å². The Kier molecular flexibility index (Phi) is 38.3. The van der Waals surface area contributed by atoms with Gasteiger partial charge in [0.2, 0.25) is 0 Å². The number of ether oxygens (including phenoxy) is 4. The number of amides is 4. The Morgan fingerprint density at radius 2 is 0.694 bits per heavy atom. The number of phenolic OH excluding ortho intramolecular Hbond substituents is 10. The van der Waals surface area contributed by atoms with Crippen molar-refractivity contribution in [3.05, 3.63) is 213 Å². The van der Waals surface area contributed by atoms with E-state index in [1.807, 2.05) is 26.0 Å². The minimum Gasteiger partial charge on any atom is -0.508 e. The molecule has 6 aliphatic rings. The van der Waals surface area contributed by atoms with Crippen molar-refractivity contribution >= 4 is 104 Å². The number of hydrogen-bond acceptors (Lipinski definition) is 24. The lowest BCUT2D eigenvalue weighted by Crippen LogP contribution is -2.32. The number of rotatable bonds is 38. The van der Waals surface area contributed by atoms with Gasteiger partial charge in [0.1, 0.15) is 80.2 Å². The van der Waals surface area contributed by atoms with Crippen LogP contribution < -0.4 is 50.3 Å². The summed E-state index contributed by atoms with van der Waals surface area (Å²) in [4.78, 5) is 83.7. The van der Waals surface area contributed by atoms with Gasteiger partial charge in [-0.15, -0.1) is 0 Å². The topological polar surface area (TPSA) is 409 Å². The van der Waals surface area contributed by atoms with E-state index in [1.165, 1.54) is 138 Å².